The van der Waals surface area contributed by atoms with E-state index >= 15 is 0 Å². The van der Waals surface area contributed by atoms with Gasteiger partial charge in [-0.2, -0.15) is 5.26 Å². The van der Waals surface area contributed by atoms with E-state index in [1.165, 1.54) is 18.3 Å². The molecule has 130 valence electrons. The van der Waals surface area contributed by atoms with Crippen LogP contribution in [0, 0.1) is 23.0 Å². The maximum Gasteiger partial charge on any atom is 0.158 e. The van der Waals surface area contributed by atoms with Crippen molar-refractivity contribution >= 4 is 5.82 Å². The molecule has 1 fully saturated rings. The maximum atomic E-state index is 14.1. The number of aromatic nitrogens is 2. The standard InChI is InChI=1S/C18H19F2N5/c1-2-17(15-4-3-13(19)9-16(15)20)24-5-7-25(8-6-24)18-12-22-14(10-21)11-23-18/h3-4,9,11-12,17H,2,5-8H2,1H3. The fraction of sp³-hybridized carbons (Fsp3) is 0.389. The van der Waals surface area contributed by atoms with E-state index < -0.39 is 11.6 Å². The van der Waals surface area contributed by atoms with E-state index in [0.29, 0.717) is 11.3 Å². The lowest BCUT2D eigenvalue weighted by atomic mass is 10.0. The molecule has 25 heavy (non-hydrogen) atoms. The number of rotatable bonds is 4. The van der Waals surface area contributed by atoms with E-state index in [0.717, 1.165) is 44.5 Å². The number of nitriles is 1. The lowest BCUT2D eigenvalue weighted by molar-refractivity contribution is 0.177. The first-order valence-corrected chi connectivity index (χ1v) is 8.28. The van der Waals surface area contributed by atoms with Crippen LogP contribution in [0.2, 0.25) is 0 Å². The van der Waals surface area contributed by atoms with Crippen LogP contribution in [0.3, 0.4) is 0 Å². The van der Waals surface area contributed by atoms with Crippen LogP contribution in [0.1, 0.15) is 30.6 Å². The van der Waals surface area contributed by atoms with Crippen LogP contribution in [-0.2, 0) is 0 Å². The van der Waals surface area contributed by atoms with Gasteiger partial charge in [-0.1, -0.05) is 13.0 Å². The van der Waals surface area contributed by atoms with Crippen LogP contribution in [0.5, 0.6) is 0 Å². The molecule has 1 aromatic heterocycles. The van der Waals surface area contributed by atoms with Gasteiger partial charge in [-0.3, -0.25) is 4.90 Å². The first kappa shape index (κ1) is 17.2. The van der Waals surface area contributed by atoms with Gasteiger partial charge in [0.1, 0.15) is 23.5 Å². The summed E-state index contributed by atoms with van der Waals surface area (Å²) >= 11 is 0. The zero-order valence-corrected chi connectivity index (χ0v) is 14.0. The van der Waals surface area contributed by atoms with Crippen molar-refractivity contribution in [3.05, 3.63) is 53.5 Å². The molecule has 0 spiro atoms. The average Bonchev–Trinajstić information content (AvgIpc) is 2.65. The Morgan fingerprint density at radius 1 is 1.16 bits per heavy atom. The van der Waals surface area contributed by atoms with Crippen molar-refractivity contribution in [2.45, 2.75) is 19.4 Å². The Morgan fingerprint density at radius 2 is 1.92 bits per heavy atom. The van der Waals surface area contributed by atoms with Crippen LogP contribution in [0.25, 0.3) is 0 Å². The summed E-state index contributed by atoms with van der Waals surface area (Å²) in [5, 5.41) is 8.78. The molecule has 1 aromatic carbocycles. The van der Waals surface area contributed by atoms with Gasteiger partial charge in [0.15, 0.2) is 5.69 Å². The Balaban J connectivity index is 1.68. The Kier molecular flexibility index (Phi) is 5.19. The Bertz CT molecular complexity index is 764. The number of benzene rings is 1. The highest BCUT2D eigenvalue weighted by Crippen LogP contribution is 2.28. The van der Waals surface area contributed by atoms with E-state index in [4.69, 9.17) is 5.26 Å². The third-order valence-electron chi connectivity index (χ3n) is 4.54. The molecule has 0 bridgehead atoms. The predicted octanol–water partition coefficient (Wildman–Crippen LogP) is 2.90. The van der Waals surface area contributed by atoms with Crippen molar-refractivity contribution in [2.24, 2.45) is 0 Å². The van der Waals surface area contributed by atoms with Gasteiger partial charge in [0, 0.05) is 43.9 Å². The fourth-order valence-corrected chi connectivity index (χ4v) is 3.25. The molecule has 3 rings (SSSR count). The highest BCUT2D eigenvalue weighted by Gasteiger charge is 2.26. The van der Waals surface area contributed by atoms with Gasteiger partial charge in [-0.15, -0.1) is 0 Å². The maximum absolute atomic E-state index is 14.1. The summed E-state index contributed by atoms with van der Waals surface area (Å²) in [6, 6.07) is 5.67. The summed E-state index contributed by atoms with van der Waals surface area (Å²) in [6.45, 7) is 4.97. The summed E-state index contributed by atoms with van der Waals surface area (Å²) in [4.78, 5) is 12.6. The Labute approximate surface area is 145 Å². The number of nitrogens with zero attached hydrogens (tertiary/aromatic N) is 5. The van der Waals surface area contributed by atoms with Gasteiger partial charge in [-0.05, 0) is 12.5 Å². The van der Waals surface area contributed by atoms with Crippen molar-refractivity contribution < 1.29 is 8.78 Å². The molecular formula is C18H19F2N5. The second-order valence-electron chi connectivity index (χ2n) is 5.98. The van der Waals surface area contributed by atoms with Gasteiger partial charge < -0.3 is 4.90 Å². The minimum absolute atomic E-state index is 0.0743. The molecule has 1 aliphatic heterocycles. The highest BCUT2D eigenvalue weighted by atomic mass is 19.1. The number of anilines is 1. The van der Waals surface area contributed by atoms with Gasteiger partial charge in [0.2, 0.25) is 0 Å². The van der Waals surface area contributed by atoms with E-state index in [1.54, 1.807) is 6.20 Å². The van der Waals surface area contributed by atoms with Gasteiger partial charge in [0.05, 0.1) is 12.4 Å². The van der Waals surface area contributed by atoms with Gasteiger partial charge in [-0.25, -0.2) is 18.7 Å². The van der Waals surface area contributed by atoms with Crippen molar-refractivity contribution in [1.82, 2.24) is 14.9 Å². The van der Waals surface area contributed by atoms with Crippen molar-refractivity contribution in [2.75, 3.05) is 31.1 Å². The minimum atomic E-state index is -0.555. The Hall–Kier alpha value is -2.59. The first-order valence-electron chi connectivity index (χ1n) is 8.28. The van der Waals surface area contributed by atoms with Crippen LogP contribution in [0.4, 0.5) is 14.6 Å². The molecule has 1 aliphatic rings. The molecule has 0 aliphatic carbocycles. The monoisotopic (exact) mass is 343 g/mol. The second kappa shape index (κ2) is 7.53. The number of hydrogen-bond donors (Lipinski definition) is 0. The molecule has 0 radical (unpaired) electrons. The smallest absolute Gasteiger partial charge is 0.158 e. The van der Waals surface area contributed by atoms with E-state index in [1.807, 2.05) is 13.0 Å². The van der Waals surface area contributed by atoms with E-state index in [2.05, 4.69) is 19.8 Å². The third-order valence-corrected chi connectivity index (χ3v) is 4.54. The van der Waals surface area contributed by atoms with Crippen LogP contribution in [-0.4, -0.2) is 41.0 Å². The van der Waals surface area contributed by atoms with Gasteiger partial charge >= 0.3 is 0 Å². The third kappa shape index (κ3) is 3.74. The summed E-state index contributed by atoms with van der Waals surface area (Å²) in [5.74, 6) is -0.313. The number of hydrogen-bond acceptors (Lipinski definition) is 5. The average molecular weight is 343 g/mol. The molecule has 7 heteroatoms. The zero-order valence-electron chi connectivity index (χ0n) is 14.0. The van der Waals surface area contributed by atoms with Crippen LogP contribution < -0.4 is 4.90 Å². The van der Waals surface area contributed by atoms with Crippen LogP contribution in [0.15, 0.2) is 30.6 Å². The summed E-state index contributed by atoms with van der Waals surface area (Å²) in [7, 11) is 0. The topological polar surface area (TPSA) is 56.0 Å². The normalized spacial score (nSPS) is 16.5. The molecular weight excluding hydrogens is 324 g/mol. The molecule has 1 saturated heterocycles. The van der Waals surface area contributed by atoms with Crippen LogP contribution >= 0.6 is 0 Å². The summed E-state index contributed by atoms with van der Waals surface area (Å²) < 4.78 is 27.3. The van der Waals surface area contributed by atoms with Crippen molar-refractivity contribution in [1.29, 1.82) is 5.26 Å². The Morgan fingerprint density at radius 3 is 2.48 bits per heavy atom. The highest BCUT2D eigenvalue weighted by molar-refractivity contribution is 5.38. The quantitative estimate of drug-likeness (QED) is 0.854. The lowest BCUT2D eigenvalue weighted by Crippen LogP contribution is -2.48. The molecule has 0 amide bonds. The zero-order chi connectivity index (χ0) is 17.8. The minimum Gasteiger partial charge on any atom is -0.353 e. The first-order chi connectivity index (χ1) is 12.1. The SMILES string of the molecule is CCC(c1ccc(F)cc1F)N1CCN(c2cnc(C#N)cn2)CC1. The predicted molar refractivity (Wildman–Crippen MR) is 89.9 cm³/mol. The molecule has 2 aromatic rings. The summed E-state index contributed by atoms with van der Waals surface area (Å²) in [5.41, 5.74) is 0.829. The van der Waals surface area contributed by atoms with Crippen molar-refractivity contribution in [3.8, 4) is 6.07 Å². The lowest BCUT2D eigenvalue weighted by Gasteiger charge is -2.39. The second-order valence-corrected chi connectivity index (χ2v) is 5.98. The largest absolute Gasteiger partial charge is 0.353 e. The van der Waals surface area contributed by atoms with E-state index in [9.17, 15) is 8.78 Å². The molecule has 0 N–H and O–H groups in total. The number of piperazine rings is 1. The van der Waals surface area contributed by atoms with E-state index in [-0.39, 0.29) is 6.04 Å². The number of halogens is 2. The molecule has 5 nitrogen and oxygen atoms in total. The summed E-state index contributed by atoms with van der Waals surface area (Å²) in [6.07, 6.45) is 3.81. The molecule has 1 atom stereocenters. The molecule has 0 saturated carbocycles. The molecule has 1 unspecified atom stereocenters. The van der Waals surface area contributed by atoms with Crippen molar-refractivity contribution in [3.63, 3.8) is 0 Å². The molecule has 2 heterocycles. The fourth-order valence-electron chi connectivity index (χ4n) is 3.25. The van der Waals surface area contributed by atoms with Gasteiger partial charge in [0.25, 0.3) is 0 Å².